The molecule has 2 unspecified atom stereocenters. The van der Waals surface area contributed by atoms with E-state index in [0.29, 0.717) is 12.0 Å². The van der Waals surface area contributed by atoms with Crippen molar-refractivity contribution in [2.75, 3.05) is 13.7 Å². The van der Waals surface area contributed by atoms with Crippen molar-refractivity contribution in [2.24, 2.45) is 5.92 Å². The van der Waals surface area contributed by atoms with E-state index in [1.807, 2.05) is 19.3 Å². The third-order valence-corrected chi connectivity index (χ3v) is 3.70. The minimum atomic E-state index is 0.328. The van der Waals surface area contributed by atoms with Gasteiger partial charge in [0, 0.05) is 18.3 Å². The van der Waals surface area contributed by atoms with Gasteiger partial charge < -0.3 is 10.1 Å². The predicted octanol–water partition coefficient (Wildman–Crippen LogP) is 3.96. The summed E-state index contributed by atoms with van der Waals surface area (Å²) >= 11 is 0. The molecule has 0 saturated heterocycles. The van der Waals surface area contributed by atoms with E-state index in [-0.39, 0.29) is 0 Å². The lowest BCUT2D eigenvalue weighted by molar-refractivity contribution is 0.226. The highest BCUT2D eigenvalue weighted by molar-refractivity contribution is 5.20. The molecule has 0 aliphatic rings. The topological polar surface area (TPSA) is 34.1 Å². The Hall–Kier alpha value is -1.09. The van der Waals surface area contributed by atoms with Crippen molar-refractivity contribution in [3.63, 3.8) is 0 Å². The van der Waals surface area contributed by atoms with E-state index >= 15 is 0 Å². The second-order valence-corrected chi connectivity index (χ2v) is 5.17. The van der Waals surface area contributed by atoms with Gasteiger partial charge in [-0.1, -0.05) is 39.2 Å². The van der Waals surface area contributed by atoms with Gasteiger partial charge in [-0.3, -0.25) is 0 Å². The summed E-state index contributed by atoms with van der Waals surface area (Å²) in [6.45, 7) is 7.37. The molecular weight excluding hydrogens is 236 g/mol. The van der Waals surface area contributed by atoms with Gasteiger partial charge in [0.1, 0.15) is 0 Å². The molecule has 1 N–H and O–H groups in total. The Balaban J connectivity index is 2.44. The van der Waals surface area contributed by atoms with Gasteiger partial charge in [0.15, 0.2) is 0 Å². The van der Waals surface area contributed by atoms with E-state index in [9.17, 15) is 0 Å². The van der Waals surface area contributed by atoms with E-state index in [2.05, 4.69) is 37.1 Å². The average molecular weight is 264 g/mol. The maximum atomic E-state index is 5.79. The standard InChI is InChI=1S/C16H28N2O/c1-5-7-8-14(6-2)12-19-16-10-9-15(11-18-16)13(3)17-4/h9-11,13-14,17H,5-8,12H2,1-4H3. The first-order chi connectivity index (χ1) is 9.21. The first-order valence-electron chi connectivity index (χ1n) is 7.47. The van der Waals surface area contributed by atoms with Crippen molar-refractivity contribution in [1.29, 1.82) is 0 Å². The molecule has 2 atom stereocenters. The third-order valence-electron chi connectivity index (χ3n) is 3.70. The summed E-state index contributed by atoms with van der Waals surface area (Å²) in [5, 5.41) is 3.20. The van der Waals surface area contributed by atoms with Crippen LogP contribution in [0.2, 0.25) is 0 Å². The van der Waals surface area contributed by atoms with Gasteiger partial charge in [-0.05, 0) is 31.9 Å². The van der Waals surface area contributed by atoms with Crippen molar-refractivity contribution in [2.45, 2.75) is 52.5 Å². The molecule has 1 heterocycles. The van der Waals surface area contributed by atoms with Crippen LogP contribution in [0.1, 0.15) is 58.1 Å². The molecule has 1 rings (SSSR count). The van der Waals surface area contributed by atoms with E-state index in [4.69, 9.17) is 4.74 Å². The lowest BCUT2D eigenvalue weighted by Gasteiger charge is -2.15. The molecule has 0 spiro atoms. The Morgan fingerprint density at radius 2 is 2.11 bits per heavy atom. The summed E-state index contributed by atoms with van der Waals surface area (Å²) in [6.07, 6.45) is 6.86. The van der Waals surface area contributed by atoms with Crippen molar-refractivity contribution >= 4 is 0 Å². The molecule has 0 bridgehead atoms. The molecule has 1 aromatic heterocycles. The fourth-order valence-electron chi connectivity index (χ4n) is 2.00. The fourth-order valence-corrected chi connectivity index (χ4v) is 2.00. The van der Waals surface area contributed by atoms with Crippen LogP contribution in [0.15, 0.2) is 18.3 Å². The summed E-state index contributed by atoms with van der Waals surface area (Å²) in [4.78, 5) is 4.37. The predicted molar refractivity (Wildman–Crippen MR) is 80.5 cm³/mol. The van der Waals surface area contributed by atoms with Gasteiger partial charge in [-0.15, -0.1) is 0 Å². The zero-order valence-electron chi connectivity index (χ0n) is 12.8. The number of unbranched alkanes of at least 4 members (excludes halogenated alkanes) is 1. The number of aromatic nitrogens is 1. The van der Waals surface area contributed by atoms with Crippen LogP contribution >= 0.6 is 0 Å². The first-order valence-corrected chi connectivity index (χ1v) is 7.47. The van der Waals surface area contributed by atoms with E-state index in [0.717, 1.165) is 12.5 Å². The van der Waals surface area contributed by atoms with Gasteiger partial charge >= 0.3 is 0 Å². The average Bonchev–Trinajstić information content (AvgIpc) is 2.47. The molecule has 0 fully saturated rings. The van der Waals surface area contributed by atoms with Gasteiger partial charge in [0.25, 0.3) is 0 Å². The quantitative estimate of drug-likeness (QED) is 0.733. The van der Waals surface area contributed by atoms with Crippen LogP contribution in [0, 0.1) is 5.92 Å². The normalized spacial score (nSPS) is 14.1. The van der Waals surface area contributed by atoms with Crippen molar-refractivity contribution in [1.82, 2.24) is 10.3 Å². The summed E-state index contributed by atoms with van der Waals surface area (Å²) in [6, 6.07) is 4.38. The van der Waals surface area contributed by atoms with E-state index < -0.39 is 0 Å². The Bertz CT molecular complexity index is 337. The third kappa shape index (κ3) is 5.60. The molecule has 108 valence electrons. The van der Waals surface area contributed by atoms with Gasteiger partial charge in [-0.25, -0.2) is 4.98 Å². The number of hydrogen-bond acceptors (Lipinski definition) is 3. The molecule has 0 aliphatic carbocycles. The van der Waals surface area contributed by atoms with E-state index in [1.54, 1.807) is 0 Å². The monoisotopic (exact) mass is 264 g/mol. The zero-order valence-corrected chi connectivity index (χ0v) is 12.8. The molecule has 1 aromatic rings. The largest absolute Gasteiger partial charge is 0.477 e. The fraction of sp³-hybridized carbons (Fsp3) is 0.688. The molecule has 0 saturated carbocycles. The molecule has 19 heavy (non-hydrogen) atoms. The Labute approximate surface area is 117 Å². The molecule has 0 amide bonds. The summed E-state index contributed by atoms with van der Waals surface area (Å²) in [5.74, 6) is 1.39. The lowest BCUT2D eigenvalue weighted by Crippen LogP contribution is -2.14. The summed E-state index contributed by atoms with van der Waals surface area (Å²) in [5.41, 5.74) is 1.19. The number of pyridine rings is 1. The molecule has 0 aliphatic heterocycles. The minimum absolute atomic E-state index is 0.328. The van der Waals surface area contributed by atoms with Crippen LogP contribution in [0.3, 0.4) is 0 Å². The Morgan fingerprint density at radius 1 is 1.32 bits per heavy atom. The maximum Gasteiger partial charge on any atom is 0.213 e. The number of hydrogen-bond donors (Lipinski definition) is 1. The van der Waals surface area contributed by atoms with Gasteiger partial charge in [0.05, 0.1) is 6.61 Å². The highest BCUT2D eigenvalue weighted by atomic mass is 16.5. The molecular formula is C16H28N2O. The number of rotatable bonds is 9. The zero-order chi connectivity index (χ0) is 14.1. The SMILES string of the molecule is CCCCC(CC)COc1ccc(C(C)NC)cn1. The van der Waals surface area contributed by atoms with Crippen LogP contribution in [0.4, 0.5) is 0 Å². The second kappa shape index (κ2) is 8.92. The molecule has 3 heteroatoms. The van der Waals surface area contributed by atoms with Crippen LogP contribution in [0.25, 0.3) is 0 Å². The van der Waals surface area contributed by atoms with Gasteiger partial charge in [0.2, 0.25) is 5.88 Å². The summed E-state index contributed by atoms with van der Waals surface area (Å²) in [7, 11) is 1.95. The minimum Gasteiger partial charge on any atom is -0.477 e. The van der Waals surface area contributed by atoms with Crippen LogP contribution < -0.4 is 10.1 Å². The molecule has 3 nitrogen and oxygen atoms in total. The van der Waals surface area contributed by atoms with Crippen LogP contribution in [0.5, 0.6) is 5.88 Å². The molecule has 0 aromatic carbocycles. The number of nitrogens with zero attached hydrogens (tertiary/aromatic N) is 1. The summed E-state index contributed by atoms with van der Waals surface area (Å²) < 4.78 is 5.79. The maximum absolute atomic E-state index is 5.79. The number of ether oxygens (including phenoxy) is 1. The smallest absolute Gasteiger partial charge is 0.213 e. The Morgan fingerprint density at radius 3 is 2.63 bits per heavy atom. The Kier molecular flexibility index (Phi) is 7.49. The lowest BCUT2D eigenvalue weighted by atomic mass is 10.0. The van der Waals surface area contributed by atoms with Crippen LogP contribution in [-0.2, 0) is 0 Å². The highest BCUT2D eigenvalue weighted by Crippen LogP contribution is 2.17. The van der Waals surface area contributed by atoms with Crippen molar-refractivity contribution in [3.8, 4) is 5.88 Å². The highest BCUT2D eigenvalue weighted by Gasteiger charge is 2.08. The van der Waals surface area contributed by atoms with Gasteiger partial charge in [-0.2, -0.15) is 0 Å². The van der Waals surface area contributed by atoms with E-state index in [1.165, 1.54) is 31.2 Å². The van der Waals surface area contributed by atoms with Crippen molar-refractivity contribution < 1.29 is 4.74 Å². The van der Waals surface area contributed by atoms with Crippen LogP contribution in [-0.4, -0.2) is 18.6 Å². The van der Waals surface area contributed by atoms with Crippen molar-refractivity contribution in [3.05, 3.63) is 23.9 Å². The molecule has 0 radical (unpaired) electrons. The number of nitrogens with one attached hydrogen (secondary N) is 1. The first kappa shape index (κ1) is 16.0. The second-order valence-electron chi connectivity index (χ2n) is 5.17.